The summed E-state index contributed by atoms with van der Waals surface area (Å²) in [6, 6.07) is 16.8. The summed E-state index contributed by atoms with van der Waals surface area (Å²) in [6.45, 7) is 8.32. The molecule has 1 aliphatic rings. The molecule has 156 valence electrons. The van der Waals surface area contributed by atoms with Crippen LogP contribution in [0.25, 0.3) is 0 Å². The maximum absolute atomic E-state index is 12.5. The molecule has 0 bridgehead atoms. The molecule has 1 fully saturated rings. The fourth-order valence-corrected chi connectivity index (χ4v) is 3.79. The normalized spacial score (nSPS) is 15.8. The van der Waals surface area contributed by atoms with E-state index in [4.69, 9.17) is 4.74 Å². The molecule has 0 radical (unpaired) electrons. The minimum absolute atomic E-state index is 0.0266. The number of nitrogens with zero attached hydrogens (tertiary/aromatic N) is 2. The Bertz CT molecular complexity index is 766. The highest BCUT2D eigenvalue weighted by Crippen LogP contribution is 2.20. The van der Waals surface area contributed by atoms with Gasteiger partial charge in [0.25, 0.3) is 0 Å². The second-order valence-electron chi connectivity index (χ2n) is 7.74. The van der Waals surface area contributed by atoms with Crippen molar-refractivity contribution in [2.45, 2.75) is 32.7 Å². The summed E-state index contributed by atoms with van der Waals surface area (Å²) in [5.41, 5.74) is 3.71. The van der Waals surface area contributed by atoms with Crippen LogP contribution >= 0.6 is 0 Å². The third kappa shape index (κ3) is 5.97. The number of rotatable bonds is 8. The summed E-state index contributed by atoms with van der Waals surface area (Å²) in [5, 5.41) is 3.14. The van der Waals surface area contributed by atoms with Gasteiger partial charge in [-0.15, -0.1) is 0 Å². The third-order valence-electron chi connectivity index (χ3n) is 5.57. The van der Waals surface area contributed by atoms with E-state index in [-0.39, 0.29) is 11.9 Å². The number of ether oxygens (including phenoxy) is 1. The Labute approximate surface area is 174 Å². The molecular weight excluding hydrogens is 362 g/mol. The van der Waals surface area contributed by atoms with Crippen LogP contribution in [0.1, 0.15) is 37.4 Å². The van der Waals surface area contributed by atoms with Crippen molar-refractivity contribution in [2.24, 2.45) is 0 Å². The van der Waals surface area contributed by atoms with Gasteiger partial charge in [-0.1, -0.05) is 37.6 Å². The molecule has 1 aliphatic heterocycles. The summed E-state index contributed by atoms with van der Waals surface area (Å²) in [6.07, 6.45) is 2.25. The molecule has 0 unspecified atom stereocenters. The van der Waals surface area contributed by atoms with Crippen molar-refractivity contribution in [3.05, 3.63) is 59.7 Å². The zero-order chi connectivity index (χ0) is 20.6. The van der Waals surface area contributed by atoms with Gasteiger partial charge in [0.05, 0.1) is 19.7 Å². The first-order valence-corrected chi connectivity index (χ1v) is 10.6. The lowest BCUT2D eigenvalue weighted by Gasteiger charge is -2.36. The Morgan fingerprint density at radius 1 is 1.03 bits per heavy atom. The van der Waals surface area contributed by atoms with Crippen LogP contribution < -0.4 is 15.0 Å². The van der Waals surface area contributed by atoms with E-state index in [2.05, 4.69) is 58.4 Å². The predicted octanol–water partition coefficient (Wildman–Crippen LogP) is 3.65. The Morgan fingerprint density at radius 2 is 1.69 bits per heavy atom. The Balaban J connectivity index is 1.44. The summed E-state index contributed by atoms with van der Waals surface area (Å²) in [4.78, 5) is 17.1. The van der Waals surface area contributed by atoms with Gasteiger partial charge in [0, 0.05) is 31.9 Å². The number of hydrogen-bond donors (Lipinski definition) is 1. The number of hydrogen-bond acceptors (Lipinski definition) is 4. The van der Waals surface area contributed by atoms with E-state index >= 15 is 0 Å². The van der Waals surface area contributed by atoms with E-state index in [9.17, 15) is 4.79 Å². The fourth-order valence-electron chi connectivity index (χ4n) is 3.79. The molecule has 1 amide bonds. The van der Waals surface area contributed by atoms with Crippen LogP contribution in [-0.2, 0) is 11.2 Å². The standard InChI is InChI=1S/C24H33N3O2/c1-4-5-20-6-8-21(9-7-20)19(2)25-24(28)18-26-14-16-27(17-15-26)22-10-12-23(29-3)13-11-22/h6-13,19H,4-5,14-18H2,1-3H3,(H,25,28)/t19-/m0/s1. The van der Waals surface area contributed by atoms with Gasteiger partial charge in [-0.05, 0) is 48.7 Å². The molecule has 1 N–H and O–H groups in total. The van der Waals surface area contributed by atoms with Crippen LogP contribution in [-0.4, -0.2) is 50.6 Å². The maximum atomic E-state index is 12.5. The molecule has 2 aromatic rings. The number of amides is 1. The molecule has 3 rings (SSSR count). The van der Waals surface area contributed by atoms with E-state index in [0.717, 1.165) is 50.3 Å². The van der Waals surface area contributed by atoms with E-state index in [0.29, 0.717) is 6.54 Å². The van der Waals surface area contributed by atoms with Gasteiger partial charge in [-0.2, -0.15) is 0 Å². The number of piperazine rings is 1. The molecule has 0 saturated carbocycles. The summed E-state index contributed by atoms with van der Waals surface area (Å²) < 4.78 is 5.23. The van der Waals surface area contributed by atoms with Crippen LogP contribution in [0.15, 0.2) is 48.5 Å². The van der Waals surface area contributed by atoms with E-state index in [1.807, 2.05) is 19.1 Å². The summed E-state index contributed by atoms with van der Waals surface area (Å²) in [5.74, 6) is 0.964. The van der Waals surface area contributed by atoms with Crippen LogP contribution in [0, 0.1) is 0 Å². The zero-order valence-electron chi connectivity index (χ0n) is 17.9. The molecule has 5 nitrogen and oxygen atoms in total. The molecule has 0 aromatic heterocycles. The number of methoxy groups -OCH3 is 1. The molecule has 2 aromatic carbocycles. The Hall–Kier alpha value is -2.53. The molecule has 0 aliphatic carbocycles. The van der Waals surface area contributed by atoms with Gasteiger partial charge in [0.2, 0.25) is 5.91 Å². The minimum atomic E-state index is 0.0266. The molecule has 1 saturated heterocycles. The van der Waals surface area contributed by atoms with Crippen molar-refractivity contribution in [1.29, 1.82) is 0 Å². The monoisotopic (exact) mass is 395 g/mol. The van der Waals surface area contributed by atoms with Crippen LogP contribution in [0.3, 0.4) is 0 Å². The second kappa shape index (κ2) is 10.3. The van der Waals surface area contributed by atoms with E-state index in [1.54, 1.807) is 7.11 Å². The number of benzene rings is 2. The topological polar surface area (TPSA) is 44.8 Å². The lowest BCUT2D eigenvalue weighted by molar-refractivity contribution is -0.123. The Morgan fingerprint density at radius 3 is 2.28 bits per heavy atom. The first-order valence-electron chi connectivity index (χ1n) is 10.6. The maximum Gasteiger partial charge on any atom is 0.234 e. The van der Waals surface area contributed by atoms with E-state index < -0.39 is 0 Å². The number of nitrogens with one attached hydrogen (secondary N) is 1. The highest BCUT2D eigenvalue weighted by molar-refractivity contribution is 5.78. The Kier molecular flexibility index (Phi) is 7.53. The smallest absolute Gasteiger partial charge is 0.234 e. The average Bonchev–Trinajstić information content (AvgIpc) is 2.75. The largest absolute Gasteiger partial charge is 0.497 e. The third-order valence-corrected chi connectivity index (χ3v) is 5.57. The zero-order valence-corrected chi connectivity index (χ0v) is 17.9. The van der Waals surface area contributed by atoms with Gasteiger partial charge >= 0.3 is 0 Å². The SMILES string of the molecule is CCCc1ccc([C@H](C)NC(=O)CN2CCN(c3ccc(OC)cc3)CC2)cc1. The van der Waals surface area contributed by atoms with Crippen LogP contribution in [0.2, 0.25) is 0 Å². The molecule has 0 spiro atoms. The van der Waals surface area contributed by atoms with Crippen LogP contribution in [0.5, 0.6) is 5.75 Å². The molecule has 5 heteroatoms. The summed E-state index contributed by atoms with van der Waals surface area (Å²) in [7, 11) is 1.68. The van der Waals surface area contributed by atoms with Crippen molar-refractivity contribution < 1.29 is 9.53 Å². The van der Waals surface area contributed by atoms with Crippen LogP contribution in [0.4, 0.5) is 5.69 Å². The first-order chi connectivity index (χ1) is 14.1. The number of carbonyl (C=O) groups excluding carboxylic acids is 1. The molecular formula is C24H33N3O2. The molecule has 1 heterocycles. The van der Waals surface area contributed by atoms with Gasteiger partial charge in [0.15, 0.2) is 0 Å². The average molecular weight is 396 g/mol. The molecule has 29 heavy (non-hydrogen) atoms. The number of anilines is 1. The van der Waals surface area contributed by atoms with Crippen molar-refractivity contribution in [2.75, 3.05) is 44.7 Å². The fraction of sp³-hybridized carbons (Fsp3) is 0.458. The lowest BCUT2D eigenvalue weighted by Crippen LogP contribution is -2.49. The van der Waals surface area contributed by atoms with Gasteiger partial charge in [-0.25, -0.2) is 0 Å². The van der Waals surface area contributed by atoms with Crippen molar-refractivity contribution in [1.82, 2.24) is 10.2 Å². The van der Waals surface area contributed by atoms with Crippen molar-refractivity contribution in [3.8, 4) is 5.75 Å². The minimum Gasteiger partial charge on any atom is -0.497 e. The van der Waals surface area contributed by atoms with E-state index in [1.165, 1.54) is 11.3 Å². The molecule has 1 atom stereocenters. The highest BCUT2D eigenvalue weighted by atomic mass is 16.5. The first kappa shape index (κ1) is 21.2. The highest BCUT2D eigenvalue weighted by Gasteiger charge is 2.20. The van der Waals surface area contributed by atoms with Crippen molar-refractivity contribution in [3.63, 3.8) is 0 Å². The second-order valence-corrected chi connectivity index (χ2v) is 7.74. The van der Waals surface area contributed by atoms with Gasteiger partial charge in [0.1, 0.15) is 5.75 Å². The quantitative estimate of drug-likeness (QED) is 0.741. The van der Waals surface area contributed by atoms with Gasteiger partial charge in [-0.3, -0.25) is 9.69 Å². The number of carbonyl (C=O) groups is 1. The lowest BCUT2D eigenvalue weighted by atomic mass is 10.0. The number of aryl methyl sites for hydroxylation is 1. The van der Waals surface area contributed by atoms with Crippen molar-refractivity contribution >= 4 is 11.6 Å². The van der Waals surface area contributed by atoms with Gasteiger partial charge < -0.3 is 15.0 Å². The predicted molar refractivity (Wildman–Crippen MR) is 119 cm³/mol. The summed E-state index contributed by atoms with van der Waals surface area (Å²) >= 11 is 0.